The number of esters is 1. The van der Waals surface area contributed by atoms with Gasteiger partial charge in [-0.25, -0.2) is 0 Å². The third kappa shape index (κ3) is 3.43. The summed E-state index contributed by atoms with van der Waals surface area (Å²) in [6, 6.07) is 0. The predicted octanol–water partition coefficient (Wildman–Crippen LogP) is 2.39. The maximum absolute atomic E-state index is 12.3. The summed E-state index contributed by atoms with van der Waals surface area (Å²) in [6.45, 7) is 7.44. The molecule has 0 saturated heterocycles. The van der Waals surface area contributed by atoms with Crippen LogP contribution in [0.3, 0.4) is 0 Å². The monoisotopic (exact) mass is 297 g/mol. The highest BCUT2D eigenvalue weighted by molar-refractivity contribution is 6.23. The van der Waals surface area contributed by atoms with Crippen LogP contribution in [0, 0.1) is 11.3 Å². The first-order valence-electron chi connectivity index (χ1n) is 7.03. The number of nitrogens with zero attached hydrogens (tertiary/aromatic N) is 1. The van der Waals surface area contributed by atoms with Crippen LogP contribution in [0.25, 0.3) is 0 Å². The number of carbonyl (C=O) groups excluding carboxylic acids is 2. The molecular weight excluding hydrogens is 274 g/mol. The first kappa shape index (κ1) is 17.2. The van der Waals surface area contributed by atoms with Gasteiger partial charge in [0.25, 0.3) is 0 Å². The lowest BCUT2D eigenvalue weighted by atomic mass is 9.67. The molecule has 0 spiro atoms. The summed E-state index contributed by atoms with van der Waals surface area (Å²) >= 11 is 0. The minimum Gasteiger partial charge on any atom is -0.511 e. The summed E-state index contributed by atoms with van der Waals surface area (Å²) in [7, 11) is 1.26. The minimum atomic E-state index is -0.881. The summed E-state index contributed by atoms with van der Waals surface area (Å²) in [6.07, 6.45) is 0.552. The van der Waals surface area contributed by atoms with Crippen LogP contribution in [0.15, 0.2) is 16.5 Å². The highest BCUT2D eigenvalue weighted by Gasteiger charge is 2.47. The number of carbonyl (C=O) groups is 2. The molecule has 1 aliphatic carbocycles. The molecule has 0 aliphatic heterocycles. The van der Waals surface area contributed by atoms with E-state index < -0.39 is 17.3 Å². The van der Waals surface area contributed by atoms with E-state index in [0.29, 0.717) is 18.7 Å². The maximum Gasteiger partial charge on any atom is 0.316 e. The molecule has 0 fully saturated rings. The average Bonchev–Trinajstić information content (AvgIpc) is 2.40. The number of ether oxygens (including phenoxy) is 1. The van der Waals surface area contributed by atoms with Crippen molar-refractivity contribution in [3.63, 3.8) is 0 Å². The lowest BCUT2D eigenvalue weighted by Gasteiger charge is -2.36. The van der Waals surface area contributed by atoms with Gasteiger partial charge in [0.1, 0.15) is 18.3 Å². The van der Waals surface area contributed by atoms with Crippen LogP contribution >= 0.6 is 0 Å². The average molecular weight is 297 g/mol. The molecule has 1 N–H and O–H groups in total. The van der Waals surface area contributed by atoms with Gasteiger partial charge in [0, 0.05) is 6.42 Å². The molecule has 0 aromatic carbocycles. The number of methoxy groups -OCH3 is 1. The minimum absolute atomic E-state index is 0.0840. The van der Waals surface area contributed by atoms with Crippen LogP contribution in [0.2, 0.25) is 0 Å². The molecule has 21 heavy (non-hydrogen) atoms. The fraction of sp³-hybridized carbons (Fsp3) is 0.667. The highest BCUT2D eigenvalue weighted by atomic mass is 16.6. The van der Waals surface area contributed by atoms with Gasteiger partial charge in [-0.05, 0) is 18.8 Å². The van der Waals surface area contributed by atoms with Crippen LogP contribution in [-0.2, 0) is 19.2 Å². The second-order valence-electron chi connectivity index (χ2n) is 5.61. The van der Waals surface area contributed by atoms with Crippen LogP contribution in [0.4, 0.5) is 0 Å². The van der Waals surface area contributed by atoms with Crippen molar-refractivity contribution in [3.05, 3.63) is 11.3 Å². The van der Waals surface area contributed by atoms with Gasteiger partial charge in [0.15, 0.2) is 5.78 Å². The van der Waals surface area contributed by atoms with Crippen LogP contribution in [0.5, 0.6) is 0 Å². The Morgan fingerprint density at radius 3 is 2.52 bits per heavy atom. The largest absolute Gasteiger partial charge is 0.511 e. The van der Waals surface area contributed by atoms with E-state index in [4.69, 9.17) is 9.57 Å². The van der Waals surface area contributed by atoms with Crippen LogP contribution in [-0.4, -0.2) is 36.3 Å². The molecule has 0 heterocycles. The number of hydrogen-bond acceptors (Lipinski definition) is 6. The smallest absolute Gasteiger partial charge is 0.316 e. The van der Waals surface area contributed by atoms with Crippen LogP contribution in [0.1, 0.15) is 40.5 Å². The maximum atomic E-state index is 12.3. The summed E-state index contributed by atoms with van der Waals surface area (Å²) < 4.78 is 4.76. The van der Waals surface area contributed by atoms with Gasteiger partial charge in [0.05, 0.1) is 18.4 Å². The first-order valence-corrected chi connectivity index (χ1v) is 7.03. The topological polar surface area (TPSA) is 85.2 Å². The zero-order chi connectivity index (χ0) is 16.2. The molecular formula is C15H23NO5. The molecule has 1 unspecified atom stereocenters. The Morgan fingerprint density at radius 2 is 2.05 bits per heavy atom. The quantitative estimate of drug-likeness (QED) is 0.478. The van der Waals surface area contributed by atoms with E-state index in [1.807, 2.05) is 0 Å². The molecule has 0 amide bonds. The molecule has 0 aromatic rings. The summed E-state index contributed by atoms with van der Waals surface area (Å²) in [5, 5.41) is 14.3. The summed E-state index contributed by atoms with van der Waals surface area (Å²) in [5.74, 6) is -1.95. The molecule has 1 aliphatic rings. The third-order valence-electron chi connectivity index (χ3n) is 3.57. The lowest BCUT2D eigenvalue weighted by Crippen LogP contribution is -2.41. The Morgan fingerprint density at radius 1 is 1.43 bits per heavy atom. The van der Waals surface area contributed by atoms with Gasteiger partial charge in [-0.15, -0.1) is 0 Å². The zero-order valence-corrected chi connectivity index (χ0v) is 13.2. The van der Waals surface area contributed by atoms with Gasteiger partial charge in [0.2, 0.25) is 0 Å². The predicted molar refractivity (Wildman–Crippen MR) is 77.9 cm³/mol. The molecule has 0 saturated carbocycles. The zero-order valence-electron chi connectivity index (χ0n) is 13.2. The van der Waals surface area contributed by atoms with E-state index in [1.165, 1.54) is 7.11 Å². The van der Waals surface area contributed by atoms with E-state index in [2.05, 4.69) is 5.16 Å². The number of ketones is 1. The Hall–Kier alpha value is -1.85. The molecule has 1 rings (SSSR count). The highest BCUT2D eigenvalue weighted by Crippen LogP contribution is 2.42. The standard InChI is InChI=1S/C15H23NO5/c1-6-9(16-21-7-2)11-10(17)8-15(3,4)12(13(11)18)14(19)20-5/h12,18H,6-8H2,1-5H3/b16-9-. The Balaban J connectivity index is 3.39. The van der Waals surface area contributed by atoms with E-state index in [-0.39, 0.29) is 23.5 Å². The number of hydrogen-bond donors (Lipinski definition) is 1. The molecule has 0 aromatic heterocycles. The van der Waals surface area contributed by atoms with E-state index in [9.17, 15) is 14.7 Å². The van der Waals surface area contributed by atoms with Gasteiger partial charge < -0.3 is 14.7 Å². The van der Waals surface area contributed by atoms with Gasteiger partial charge >= 0.3 is 5.97 Å². The molecule has 6 heteroatoms. The molecule has 0 bridgehead atoms. The first-order chi connectivity index (χ1) is 9.80. The van der Waals surface area contributed by atoms with Crippen molar-refractivity contribution in [2.45, 2.75) is 40.5 Å². The molecule has 0 radical (unpaired) electrons. The van der Waals surface area contributed by atoms with Gasteiger partial charge in [-0.3, -0.25) is 9.59 Å². The number of rotatable bonds is 5. The van der Waals surface area contributed by atoms with Crippen molar-refractivity contribution < 1.29 is 24.3 Å². The lowest BCUT2D eigenvalue weighted by molar-refractivity contribution is -0.150. The van der Waals surface area contributed by atoms with Crippen molar-refractivity contribution in [2.75, 3.05) is 13.7 Å². The van der Waals surface area contributed by atoms with Crippen molar-refractivity contribution in [1.82, 2.24) is 0 Å². The van der Waals surface area contributed by atoms with Crippen molar-refractivity contribution >= 4 is 17.5 Å². The second kappa shape index (κ2) is 6.74. The fourth-order valence-electron chi connectivity index (χ4n) is 2.55. The number of allylic oxidation sites excluding steroid dienone is 1. The number of aliphatic hydroxyl groups excluding tert-OH is 1. The van der Waals surface area contributed by atoms with E-state index in [1.54, 1.807) is 27.7 Å². The third-order valence-corrected chi connectivity index (χ3v) is 3.57. The molecule has 118 valence electrons. The number of oxime groups is 1. The van der Waals surface area contributed by atoms with Crippen molar-refractivity contribution in [2.24, 2.45) is 16.5 Å². The summed E-state index contributed by atoms with van der Waals surface area (Å²) in [5.41, 5.74) is -0.271. The molecule has 6 nitrogen and oxygen atoms in total. The number of Topliss-reactive ketones (excluding diaryl/α,β-unsaturated/α-hetero) is 1. The normalized spacial score (nSPS) is 22.2. The van der Waals surface area contributed by atoms with Crippen molar-refractivity contribution in [3.8, 4) is 0 Å². The second-order valence-corrected chi connectivity index (χ2v) is 5.61. The number of aliphatic hydroxyl groups is 1. The van der Waals surface area contributed by atoms with Gasteiger partial charge in [-0.1, -0.05) is 25.9 Å². The van der Waals surface area contributed by atoms with Crippen LogP contribution < -0.4 is 0 Å². The fourth-order valence-corrected chi connectivity index (χ4v) is 2.55. The van der Waals surface area contributed by atoms with E-state index >= 15 is 0 Å². The SMILES string of the molecule is CCO/N=C(/CC)C1=C(O)C(C(=O)OC)C(C)(C)CC1=O. The Bertz CT molecular complexity index is 490. The van der Waals surface area contributed by atoms with Gasteiger partial charge in [-0.2, -0.15) is 0 Å². The van der Waals surface area contributed by atoms with E-state index in [0.717, 1.165) is 0 Å². The Kier molecular flexibility index (Phi) is 5.52. The van der Waals surface area contributed by atoms with Crippen molar-refractivity contribution in [1.29, 1.82) is 0 Å². The molecule has 1 atom stereocenters. The Labute approximate surface area is 124 Å². The summed E-state index contributed by atoms with van der Waals surface area (Å²) in [4.78, 5) is 29.3.